The maximum absolute atomic E-state index is 13.3. The van der Waals surface area contributed by atoms with Gasteiger partial charge in [-0.3, -0.25) is 14.2 Å². The lowest BCUT2D eigenvalue weighted by atomic mass is 10.0. The van der Waals surface area contributed by atoms with Crippen LogP contribution in [0, 0.1) is 0 Å². The lowest BCUT2D eigenvalue weighted by Gasteiger charge is -2.39. The third-order valence-electron chi connectivity index (χ3n) is 7.36. The first kappa shape index (κ1) is 25.6. The van der Waals surface area contributed by atoms with Crippen molar-refractivity contribution in [2.75, 3.05) is 39.3 Å². The van der Waals surface area contributed by atoms with Gasteiger partial charge in [-0.15, -0.1) is 12.4 Å². The zero-order chi connectivity index (χ0) is 23.0. The molecule has 1 aromatic heterocycles. The van der Waals surface area contributed by atoms with Gasteiger partial charge < -0.3 is 9.80 Å². The van der Waals surface area contributed by atoms with Gasteiger partial charge in [0.25, 0.3) is 0 Å². The third kappa shape index (κ3) is 5.06. The van der Waals surface area contributed by atoms with Crippen LogP contribution >= 0.6 is 23.7 Å². The number of likely N-dealkylation sites (tertiary alicyclic amines) is 2. The summed E-state index contributed by atoms with van der Waals surface area (Å²) in [7, 11) is -3.61. The molecule has 0 unspecified atom stereocenters. The fourth-order valence-electron chi connectivity index (χ4n) is 5.44. The van der Waals surface area contributed by atoms with Crippen LogP contribution in [0.1, 0.15) is 44.9 Å². The van der Waals surface area contributed by atoms with Gasteiger partial charge in [0.15, 0.2) is 0 Å². The van der Waals surface area contributed by atoms with Gasteiger partial charge in [0, 0.05) is 32.2 Å². The van der Waals surface area contributed by atoms with E-state index in [1.54, 1.807) is 27.4 Å². The molecule has 0 N–H and O–H groups in total. The van der Waals surface area contributed by atoms with Crippen molar-refractivity contribution in [3.63, 3.8) is 0 Å². The van der Waals surface area contributed by atoms with Gasteiger partial charge in [-0.05, 0) is 69.8 Å². The van der Waals surface area contributed by atoms with E-state index in [1.807, 2.05) is 0 Å². The van der Waals surface area contributed by atoms with Crippen molar-refractivity contribution < 1.29 is 13.2 Å². The van der Waals surface area contributed by atoms with Crippen LogP contribution in [-0.2, 0) is 21.4 Å². The van der Waals surface area contributed by atoms with Crippen molar-refractivity contribution in [2.24, 2.45) is 0 Å². The Morgan fingerprint density at radius 2 is 1.59 bits per heavy atom. The highest BCUT2D eigenvalue weighted by Crippen LogP contribution is 2.28. The molecule has 2 aromatic rings. The Kier molecular flexibility index (Phi) is 8.03. The van der Waals surface area contributed by atoms with E-state index in [0.717, 1.165) is 63.2 Å². The predicted molar refractivity (Wildman–Crippen MR) is 136 cm³/mol. The number of fused-ring (bicyclic) bond motifs is 1. The fourth-order valence-corrected chi connectivity index (χ4v) is 7.94. The minimum Gasteiger partial charge on any atom is -0.341 e. The number of carbonyl (C=O) groups excluding carboxylic acids is 1. The molecule has 0 saturated carbocycles. The number of carbonyl (C=O) groups is 1. The predicted octanol–water partition coefficient (Wildman–Crippen LogP) is 2.75. The number of nitrogens with zero attached hydrogens (tertiary/aromatic N) is 4. The highest BCUT2D eigenvalue weighted by atomic mass is 35.5. The number of hydrogen-bond acceptors (Lipinski definition) is 6. The first-order valence-electron chi connectivity index (χ1n) is 12.1. The molecule has 188 valence electrons. The van der Waals surface area contributed by atoms with Crippen LogP contribution < -0.4 is 4.87 Å². The average molecular weight is 529 g/mol. The van der Waals surface area contributed by atoms with Crippen molar-refractivity contribution in [3.05, 3.63) is 27.9 Å². The van der Waals surface area contributed by atoms with E-state index in [0.29, 0.717) is 29.3 Å². The summed E-state index contributed by atoms with van der Waals surface area (Å²) in [5.74, 6) is -0.0532. The molecule has 3 aliphatic rings. The minimum absolute atomic E-state index is 0. The molecule has 3 aliphatic heterocycles. The van der Waals surface area contributed by atoms with Crippen LogP contribution in [0.4, 0.5) is 0 Å². The van der Waals surface area contributed by atoms with Crippen molar-refractivity contribution in [1.29, 1.82) is 0 Å². The molecule has 1 aromatic carbocycles. The summed E-state index contributed by atoms with van der Waals surface area (Å²) in [6.07, 6.45) is 7.51. The third-order valence-corrected chi connectivity index (χ3v) is 10.2. The fraction of sp³-hybridized carbons (Fsp3) is 0.652. The Bertz CT molecular complexity index is 1180. The molecule has 0 spiro atoms. The number of halogens is 1. The van der Waals surface area contributed by atoms with Gasteiger partial charge in [0.2, 0.25) is 15.9 Å². The number of rotatable bonds is 5. The van der Waals surface area contributed by atoms with Crippen LogP contribution in [0.25, 0.3) is 10.2 Å². The van der Waals surface area contributed by atoms with Crippen LogP contribution in [-0.4, -0.2) is 78.3 Å². The summed E-state index contributed by atoms with van der Waals surface area (Å²) >= 11 is 1.01. The number of thiazole rings is 1. The summed E-state index contributed by atoms with van der Waals surface area (Å²) in [5, 5.41) is 0. The minimum atomic E-state index is -3.61. The number of piperidine rings is 2. The Morgan fingerprint density at radius 1 is 0.941 bits per heavy atom. The van der Waals surface area contributed by atoms with Crippen molar-refractivity contribution in [2.45, 2.75) is 62.4 Å². The quantitative estimate of drug-likeness (QED) is 0.596. The smallest absolute Gasteiger partial charge is 0.308 e. The van der Waals surface area contributed by atoms with Gasteiger partial charge in [0.05, 0.1) is 15.1 Å². The Labute approximate surface area is 211 Å². The summed E-state index contributed by atoms with van der Waals surface area (Å²) in [6.45, 7) is 4.81. The molecule has 3 fully saturated rings. The average Bonchev–Trinajstić information content (AvgIpc) is 3.48. The summed E-state index contributed by atoms with van der Waals surface area (Å²) in [5.41, 5.74) is 0.625. The van der Waals surface area contributed by atoms with Gasteiger partial charge >= 0.3 is 4.87 Å². The van der Waals surface area contributed by atoms with Crippen molar-refractivity contribution >= 4 is 49.9 Å². The second kappa shape index (κ2) is 10.7. The van der Waals surface area contributed by atoms with Crippen LogP contribution in [0.15, 0.2) is 27.9 Å². The number of sulfonamides is 1. The largest absolute Gasteiger partial charge is 0.341 e. The zero-order valence-electron chi connectivity index (χ0n) is 19.4. The summed E-state index contributed by atoms with van der Waals surface area (Å²) in [6, 6.07) is 5.34. The van der Waals surface area contributed by atoms with Crippen LogP contribution in [0.5, 0.6) is 0 Å². The molecular weight excluding hydrogens is 496 g/mol. The number of amides is 1. The summed E-state index contributed by atoms with van der Waals surface area (Å²) in [4.78, 5) is 29.5. The normalized spacial score (nSPS) is 21.1. The van der Waals surface area contributed by atoms with Crippen molar-refractivity contribution in [3.8, 4) is 0 Å². The van der Waals surface area contributed by atoms with E-state index in [9.17, 15) is 18.0 Å². The molecule has 0 aliphatic carbocycles. The molecular formula is C23H33ClN4O4S2. The SMILES string of the molecule is Cl.O=C(Cn1c(=O)sc2cc(S(=O)(=O)N3CCC(N4CCCCC4)CC3)ccc21)N1CCCC1. The maximum Gasteiger partial charge on any atom is 0.308 e. The van der Waals surface area contributed by atoms with Gasteiger partial charge in [-0.2, -0.15) is 4.31 Å². The molecule has 0 bridgehead atoms. The first-order valence-corrected chi connectivity index (χ1v) is 14.3. The summed E-state index contributed by atoms with van der Waals surface area (Å²) < 4.78 is 30.3. The Hall–Kier alpha value is -1.46. The Morgan fingerprint density at radius 3 is 2.26 bits per heavy atom. The second-order valence-corrected chi connectivity index (χ2v) is 12.3. The highest BCUT2D eigenvalue weighted by Gasteiger charge is 2.32. The molecule has 8 nitrogen and oxygen atoms in total. The number of hydrogen-bond donors (Lipinski definition) is 0. The monoisotopic (exact) mass is 528 g/mol. The van der Waals surface area contributed by atoms with Gasteiger partial charge in [-0.25, -0.2) is 8.42 Å². The van der Waals surface area contributed by atoms with Crippen LogP contribution in [0.2, 0.25) is 0 Å². The molecule has 4 heterocycles. The number of aromatic nitrogens is 1. The van der Waals surface area contributed by atoms with E-state index in [-0.39, 0.29) is 34.6 Å². The van der Waals surface area contributed by atoms with Gasteiger partial charge in [-0.1, -0.05) is 17.8 Å². The first-order chi connectivity index (χ1) is 15.9. The lowest BCUT2D eigenvalue weighted by Crippen LogP contribution is -2.48. The van der Waals surface area contributed by atoms with E-state index in [2.05, 4.69) is 4.90 Å². The highest BCUT2D eigenvalue weighted by molar-refractivity contribution is 7.89. The molecule has 0 atom stereocenters. The molecule has 0 radical (unpaired) electrons. The topological polar surface area (TPSA) is 82.9 Å². The zero-order valence-corrected chi connectivity index (χ0v) is 21.8. The van der Waals surface area contributed by atoms with Crippen LogP contribution in [0.3, 0.4) is 0 Å². The molecule has 5 rings (SSSR count). The molecule has 34 heavy (non-hydrogen) atoms. The van der Waals surface area contributed by atoms with Gasteiger partial charge in [0.1, 0.15) is 6.54 Å². The molecule has 1 amide bonds. The van der Waals surface area contributed by atoms with E-state index in [1.165, 1.54) is 23.8 Å². The number of benzene rings is 1. The maximum atomic E-state index is 13.3. The second-order valence-electron chi connectivity index (χ2n) is 9.40. The lowest BCUT2D eigenvalue weighted by molar-refractivity contribution is -0.130. The standard InChI is InChI=1S/C23H32N4O4S2.ClH/c28-22(25-12-4-5-13-25)17-27-20-7-6-19(16-21(20)32-23(27)29)33(30,31)26-14-8-18(9-15-26)24-10-2-1-3-11-24;/h6-7,16,18H,1-5,8-15,17H2;1H. The molecule has 11 heteroatoms. The molecule has 3 saturated heterocycles. The van der Waals surface area contributed by atoms with E-state index >= 15 is 0 Å². The van der Waals surface area contributed by atoms with E-state index < -0.39 is 10.0 Å². The Balaban J connectivity index is 0.00000274. The van der Waals surface area contributed by atoms with Crippen molar-refractivity contribution in [1.82, 2.24) is 18.7 Å². The van der Waals surface area contributed by atoms with E-state index in [4.69, 9.17) is 0 Å².